The van der Waals surface area contributed by atoms with Crippen LogP contribution in [0.15, 0.2) is 40.9 Å². The van der Waals surface area contributed by atoms with E-state index in [0.717, 1.165) is 24.3 Å². The first-order chi connectivity index (χ1) is 26.0. The summed E-state index contributed by atoms with van der Waals surface area (Å²) in [6.45, 7) is 8.71. The molecule has 2 heterocycles. The minimum absolute atomic E-state index is 0.0451. The first-order valence-corrected chi connectivity index (χ1v) is 18.1. The van der Waals surface area contributed by atoms with Crippen molar-refractivity contribution >= 4 is 34.6 Å². The fourth-order valence-electron chi connectivity index (χ4n) is 6.77. The number of fused-ring (bicyclic) bond motifs is 3. The summed E-state index contributed by atoms with van der Waals surface area (Å²) in [5, 5.41) is 12.2. The third-order valence-electron chi connectivity index (χ3n) is 10.3. The number of alkyl halides is 3. The van der Waals surface area contributed by atoms with Gasteiger partial charge in [-0.3, -0.25) is 14.4 Å². The second-order valence-corrected chi connectivity index (χ2v) is 13.9. The van der Waals surface area contributed by atoms with E-state index in [1.807, 2.05) is 6.92 Å². The van der Waals surface area contributed by atoms with E-state index >= 15 is 0 Å². The van der Waals surface area contributed by atoms with Gasteiger partial charge >= 0.3 is 12.1 Å². The smallest absolute Gasteiger partial charge is 0.418 e. The highest BCUT2D eigenvalue weighted by molar-refractivity contribution is 5.97. The number of aromatic nitrogens is 3. The standard InChI is InChI=1S/C38H43F5N6O6/c1-6-19(4)29(45-28(50)17-22-25(39)13-10-14-26(22)40)33(51)48-37(16-15-27-23(18-37)21-11-9-12-24(31(21)44-27)38(41,42)43)36(53)46-30(20(5)7-2)34-47-32(49-55-34)35(52)54-8-3/h9-14,19-20,29-30,44H,6-8,15-18H2,1-5H3,(H,45,50)(H,46,53)(H,48,51)/t19-,20?,29-,30?,37+/m0/s1. The van der Waals surface area contributed by atoms with Crippen LogP contribution >= 0.6 is 0 Å². The molecule has 0 radical (unpaired) electrons. The lowest BCUT2D eigenvalue weighted by Gasteiger charge is -2.39. The molecule has 296 valence electrons. The van der Waals surface area contributed by atoms with Crippen LogP contribution in [0.25, 0.3) is 10.9 Å². The van der Waals surface area contributed by atoms with Gasteiger partial charge in [0.1, 0.15) is 29.3 Å². The van der Waals surface area contributed by atoms with Crippen molar-refractivity contribution in [2.45, 2.75) is 96.9 Å². The van der Waals surface area contributed by atoms with Crippen LogP contribution in [-0.4, -0.2) is 57.0 Å². The zero-order chi connectivity index (χ0) is 40.2. The van der Waals surface area contributed by atoms with Gasteiger partial charge < -0.3 is 30.2 Å². The van der Waals surface area contributed by atoms with Gasteiger partial charge in [0.2, 0.25) is 23.6 Å². The molecule has 2 aromatic heterocycles. The Bertz CT molecular complexity index is 2040. The SMILES string of the molecule is CCOC(=O)c1noc(C(NC(=O)[C@@]2(NC(=O)[C@@H](NC(=O)Cc3c(F)cccc3F)[C@@H](C)CC)CCc3[nH]c4c(C(F)(F)F)cccc4c3C2)C(C)CC)n1. The van der Waals surface area contributed by atoms with Crippen molar-refractivity contribution in [3.05, 3.63) is 82.1 Å². The molecular formula is C38H43F5N6O6. The summed E-state index contributed by atoms with van der Waals surface area (Å²) in [7, 11) is 0. The number of H-pyrrole nitrogens is 1. The quantitative estimate of drug-likeness (QED) is 0.0888. The van der Waals surface area contributed by atoms with Crippen molar-refractivity contribution in [1.29, 1.82) is 0 Å². The van der Waals surface area contributed by atoms with E-state index in [0.29, 0.717) is 24.1 Å². The number of aryl methyl sites for hydroxylation is 1. The lowest BCUT2D eigenvalue weighted by Crippen LogP contribution is -2.65. The summed E-state index contributed by atoms with van der Waals surface area (Å²) in [6.07, 6.45) is -4.83. The average Bonchev–Trinajstić information content (AvgIpc) is 3.78. The molecule has 3 amide bonds. The molecule has 1 aliphatic carbocycles. The van der Waals surface area contributed by atoms with Gasteiger partial charge in [-0.05, 0) is 60.5 Å². The van der Waals surface area contributed by atoms with Gasteiger partial charge in [0, 0.05) is 23.1 Å². The highest BCUT2D eigenvalue weighted by Crippen LogP contribution is 2.40. The number of nitrogens with zero attached hydrogens (tertiary/aromatic N) is 2. The number of esters is 1. The Labute approximate surface area is 313 Å². The summed E-state index contributed by atoms with van der Waals surface area (Å²) in [6, 6.07) is 4.60. The van der Waals surface area contributed by atoms with Gasteiger partial charge in [-0.25, -0.2) is 13.6 Å². The number of ether oxygens (including phenoxy) is 1. The third-order valence-corrected chi connectivity index (χ3v) is 10.3. The van der Waals surface area contributed by atoms with E-state index in [9.17, 15) is 41.1 Å². The average molecular weight is 775 g/mol. The van der Waals surface area contributed by atoms with Crippen molar-refractivity contribution in [2.75, 3.05) is 6.61 Å². The van der Waals surface area contributed by atoms with Crippen LogP contribution in [0.1, 0.15) is 98.8 Å². The molecule has 0 spiro atoms. The maximum absolute atomic E-state index is 14.7. The summed E-state index contributed by atoms with van der Waals surface area (Å²) < 4.78 is 81.4. The molecule has 55 heavy (non-hydrogen) atoms. The number of carbonyl (C=O) groups excluding carboxylic acids is 4. The number of nitrogens with one attached hydrogen (secondary N) is 4. The Morgan fingerprint density at radius 1 is 0.982 bits per heavy atom. The number of amides is 3. The predicted octanol–water partition coefficient (Wildman–Crippen LogP) is 6.05. The van der Waals surface area contributed by atoms with E-state index < -0.39 is 82.6 Å². The lowest BCUT2D eigenvalue weighted by atomic mass is 9.78. The van der Waals surface area contributed by atoms with Crippen LogP contribution in [0.5, 0.6) is 0 Å². The second kappa shape index (κ2) is 16.6. The van der Waals surface area contributed by atoms with Gasteiger partial charge in [-0.2, -0.15) is 18.2 Å². The zero-order valence-corrected chi connectivity index (χ0v) is 31.0. The number of carbonyl (C=O) groups is 4. The largest absolute Gasteiger partial charge is 0.460 e. The molecule has 0 saturated carbocycles. The summed E-state index contributed by atoms with van der Waals surface area (Å²) in [5.41, 5.74) is -2.52. The number of rotatable bonds is 14. The van der Waals surface area contributed by atoms with E-state index in [1.54, 1.807) is 27.7 Å². The van der Waals surface area contributed by atoms with Crippen LogP contribution in [0.3, 0.4) is 0 Å². The van der Waals surface area contributed by atoms with Crippen LogP contribution in [-0.2, 0) is 44.6 Å². The molecule has 5 rings (SSSR count). The molecular weight excluding hydrogens is 731 g/mol. The molecule has 1 aliphatic rings. The van der Waals surface area contributed by atoms with Crippen molar-refractivity contribution in [2.24, 2.45) is 11.8 Å². The highest BCUT2D eigenvalue weighted by atomic mass is 19.4. The Kier molecular flexibility index (Phi) is 12.3. The molecule has 0 saturated heterocycles. The Hall–Kier alpha value is -5.35. The Morgan fingerprint density at radius 2 is 1.65 bits per heavy atom. The number of hydrogen-bond donors (Lipinski definition) is 4. The predicted molar refractivity (Wildman–Crippen MR) is 188 cm³/mol. The van der Waals surface area contributed by atoms with Crippen LogP contribution < -0.4 is 16.0 Å². The third kappa shape index (κ3) is 8.65. The van der Waals surface area contributed by atoms with Gasteiger partial charge in [0.15, 0.2) is 0 Å². The number of halogens is 5. The molecule has 2 aromatic carbocycles. The van der Waals surface area contributed by atoms with Crippen molar-refractivity contribution < 1.29 is 50.4 Å². The molecule has 0 bridgehead atoms. The normalized spacial score (nSPS) is 17.8. The molecule has 2 unspecified atom stereocenters. The Morgan fingerprint density at radius 3 is 2.29 bits per heavy atom. The van der Waals surface area contributed by atoms with Crippen molar-refractivity contribution in [1.82, 2.24) is 31.1 Å². The van der Waals surface area contributed by atoms with Crippen LogP contribution in [0.2, 0.25) is 0 Å². The van der Waals surface area contributed by atoms with Gasteiger partial charge in [-0.15, -0.1) is 0 Å². The first-order valence-electron chi connectivity index (χ1n) is 18.1. The Balaban J connectivity index is 1.53. The van der Waals surface area contributed by atoms with Gasteiger partial charge in [-0.1, -0.05) is 58.7 Å². The maximum Gasteiger partial charge on any atom is 0.418 e. The molecule has 4 aromatic rings. The van der Waals surface area contributed by atoms with E-state index in [1.165, 1.54) is 12.1 Å². The molecule has 5 atom stereocenters. The van der Waals surface area contributed by atoms with Crippen LogP contribution in [0.4, 0.5) is 22.0 Å². The monoisotopic (exact) mass is 774 g/mol. The van der Waals surface area contributed by atoms with E-state index in [4.69, 9.17) is 9.26 Å². The van der Waals surface area contributed by atoms with E-state index in [-0.39, 0.29) is 54.4 Å². The number of aromatic amines is 1. The highest BCUT2D eigenvalue weighted by Gasteiger charge is 2.47. The number of benzene rings is 2. The fraction of sp³-hybridized carbons (Fsp3) is 0.474. The van der Waals surface area contributed by atoms with Gasteiger partial charge in [0.25, 0.3) is 5.82 Å². The molecule has 0 fully saturated rings. The van der Waals surface area contributed by atoms with Crippen LogP contribution in [0, 0.1) is 23.5 Å². The zero-order valence-electron chi connectivity index (χ0n) is 31.0. The number of para-hydroxylation sites is 1. The van der Waals surface area contributed by atoms with Crippen molar-refractivity contribution in [3.63, 3.8) is 0 Å². The van der Waals surface area contributed by atoms with Gasteiger partial charge in [0.05, 0.1) is 24.1 Å². The summed E-state index contributed by atoms with van der Waals surface area (Å²) >= 11 is 0. The van der Waals surface area contributed by atoms with Crippen molar-refractivity contribution in [3.8, 4) is 0 Å². The first kappa shape index (κ1) is 40.8. The molecule has 4 N–H and O–H groups in total. The fourth-order valence-corrected chi connectivity index (χ4v) is 6.77. The number of hydrogen-bond acceptors (Lipinski definition) is 8. The second-order valence-electron chi connectivity index (χ2n) is 13.9. The minimum atomic E-state index is -4.68. The topological polar surface area (TPSA) is 168 Å². The summed E-state index contributed by atoms with van der Waals surface area (Å²) in [5.74, 6) is -6.49. The lowest BCUT2D eigenvalue weighted by molar-refractivity contribution is -0.137. The van der Waals surface area contributed by atoms with E-state index in [2.05, 4.69) is 31.1 Å². The maximum atomic E-state index is 14.7. The summed E-state index contributed by atoms with van der Waals surface area (Å²) in [4.78, 5) is 61.6. The minimum Gasteiger partial charge on any atom is -0.460 e. The molecule has 17 heteroatoms. The molecule has 0 aliphatic heterocycles. The molecule has 12 nitrogen and oxygen atoms in total.